The van der Waals surface area contributed by atoms with Crippen LogP contribution in [0.1, 0.15) is 19.5 Å². The van der Waals surface area contributed by atoms with Crippen LogP contribution in [-0.4, -0.2) is 34.1 Å². The molecule has 1 heterocycles. The summed E-state index contributed by atoms with van der Waals surface area (Å²) in [5.74, 6) is 0.0968. The lowest BCUT2D eigenvalue weighted by molar-refractivity contribution is -0.385. The molecule has 1 rings (SSSR count). The minimum Gasteiger partial charge on any atom is -0.382 e. The molecule has 0 aliphatic rings. The molecule has 0 amide bonds. The number of rotatable bonds is 5. The minimum absolute atomic E-state index is 0.0335. The fourth-order valence-electron chi connectivity index (χ4n) is 1.56. The SMILES string of the molecule is COCC(C)(C)Nc1nc(Cl)nc(C)c1[N+](=O)[O-]. The minimum atomic E-state index is -0.531. The maximum Gasteiger partial charge on any atom is 0.332 e. The van der Waals surface area contributed by atoms with Crippen molar-refractivity contribution in [2.24, 2.45) is 0 Å². The van der Waals surface area contributed by atoms with Crippen LogP contribution in [-0.2, 0) is 4.74 Å². The van der Waals surface area contributed by atoms with Crippen molar-refractivity contribution in [1.82, 2.24) is 9.97 Å². The number of ether oxygens (including phenoxy) is 1. The van der Waals surface area contributed by atoms with Gasteiger partial charge < -0.3 is 10.1 Å². The third kappa shape index (κ3) is 3.51. The predicted molar refractivity (Wildman–Crippen MR) is 68.0 cm³/mol. The highest BCUT2D eigenvalue weighted by molar-refractivity contribution is 6.28. The van der Waals surface area contributed by atoms with Crippen molar-refractivity contribution >= 4 is 23.1 Å². The number of nitrogens with zero attached hydrogens (tertiary/aromatic N) is 3. The predicted octanol–water partition coefficient (Wildman–Crippen LogP) is 2.18. The van der Waals surface area contributed by atoms with E-state index in [2.05, 4.69) is 15.3 Å². The van der Waals surface area contributed by atoms with Crippen LogP contribution in [0.15, 0.2) is 0 Å². The Hall–Kier alpha value is -1.47. The van der Waals surface area contributed by atoms with Gasteiger partial charge in [0.1, 0.15) is 5.69 Å². The van der Waals surface area contributed by atoms with Gasteiger partial charge in [0.05, 0.1) is 17.1 Å². The molecule has 0 saturated heterocycles. The summed E-state index contributed by atoms with van der Waals surface area (Å²) in [7, 11) is 1.55. The van der Waals surface area contributed by atoms with E-state index in [1.807, 2.05) is 13.8 Å². The van der Waals surface area contributed by atoms with Crippen molar-refractivity contribution in [1.29, 1.82) is 0 Å². The van der Waals surface area contributed by atoms with E-state index < -0.39 is 10.5 Å². The molecule has 0 radical (unpaired) electrons. The molecule has 0 atom stereocenters. The second kappa shape index (κ2) is 5.45. The first-order valence-electron chi connectivity index (χ1n) is 5.22. The van der Waals surface area contributed by atoms with Crippen LogP contribution in [0.25, 0.3) is 0 Å². The summed E-state index contributed by atoms with van der Waals surface area (Å²) in [6.07, 6.45) is 0. The lowest BCUT2D eigenvalue weighted by Gasteiger charge is -2.25. The van der Waals surface area contributed by atoms with Crippen molar-refractivity contribution in [2.75, 3.05) is 19.0 Å². The van der Waals surface area contributed by atoms with Crippen LogP contribution in [0.3, 0.4) is 0 Å². The highest BCUT2D eigenvalue weighted by Crippen LogP contribution is 2.28. The van der Waals surface area contributed by atoms with Crippen LogP contribution < -0.4 is 5.32 Å². The van der Waals surface area contributed by atoms with Gasteiger partial charge in [-0.15, -0.1) is 0 Å². The number of aryl methyl sites for hydroxylation is 1. The van der Waals surface area contributed by atoms with Gasteiger partial charge in [0.15, 0.2) is 0 Å². The van der Waals surface area contributed by atoms with Gasteiger partial charge in [-0.1, -0.05) is 0 Å². The van der Waals surface area contributed by atoms with E-state index in [-0.39, 0.29) is 22.5 Å². The number of anilines is 1. The summed E-state index contributed by atoms with van der Waals surface area (Å²) >= 11 is 5.72. The molecule has 1 N–H and O–H groups in total. The van der Waals surface area contributed by atoms with E-state index in [1.165, 1.54) is 6.92 Å². The third-order valence-electron chi connectivity index (χ3n) is 2.18. The first-order chi connectivity index (χ1) is 8.26. The molecule has 1 aromatic heterocycles. The zero-order chi connectivity index (χ0) is 13.9. The summed E-state index contributed by atoms with van der Waals surface area (Å²) in [5.41, 5.74) is -0.469. The topological polar surface area (TPSA) is 90.2 Å². The fourth-order valence-corrected chi connectivity index (χ4v) is 1.77. The summed E-state index contributed by atoms with van der Waals surface area (Å²) in [4.78, 5) is 18.1. The third-order valence-corrected chi connectivity index (χ3v) is 2.34. The van der Waals surface area contributed by atoms with Crippen molar-refractivity contribution in [3.63, 3.8) is 0 Å². The molecule has 0 aliphatic heterocycles. The lowest BCUT2D eigenvalue weighted by Crippen LogP contribution is -2.36. The molecule has 8 heteroatoms. The summed E-state index contributed by atoms with van der Waals surface area (Å²) in [5, 5.41) is 13.9. The van der Waals surface area contributed by atoms with Gasteiger partial charge in [-0.3, -0.25) is 10.1 Å². The maximum absolute atomic E-state index is 11.0. The molecule has 0 aliphatic carbocycles. The Morgan fingerprint density at radius 3 is 2.61 bits per heavy atom. The standard InChI is InChI=1S/C10H15ClN4O3/c1-6-7(15(16)17)8(13-9(11)12-6)14-10(2,3)5-18-4/h5H2,1-4H3,(H,12,13,14). The number of hydrogen-bond donors (Lipinski definition) is 1. The highest BCUT2D eigenvalue weighted by Gasteiger charge is 2.27. The first kappa shape index (κ1) is 14.6. The van der Waals surface area contributed by atoms with Crippen molar-refractivity contribution in [3.8, 4) is 0 Å². The average Bonchev–Trinajstić information content (AvgIpc) is 2.13. The van der Waals surface area contributed by atoms with Gasteiger partial charge >= 0.3 is 5.69 Å². The molecule has 0 spiro atoms. The van der Waals surface area contributed by atoms with Crippen LogP contribution >= 0.6 is 11.6 Å². The Labute approximate surface area is 110 Å². The van der Waals surface area contributed by atoms with Gasteiger partial charge in [-0.2, -0.15) is 4.98 Å². The number of nitro groups is 1. The molecular formula is C10H15ClN4O3. The Morgan fingerprint density at radius 1 is 1.50 bits per heavy atom. The van der Waals surface area contributed by atoms with E-state index in [0.29, 0.717) is 6.61 Å². The molecular weight excluding hydrogens is 260 g/mol. The molecule has 0 saturated carbocycles. The van der Waals surface area contributed by atoms with E-state index >= 15 is 0 Å². The Kier molecular flexibility index (Phi) is 4.42. The highest BCUT2D eigenvalue weighted by atomic mass is 35.5. The Balaban J connectivity index is 3.19. The Bertz CT molecular complexity index is 465. The quantitative estimate of drug-likeness (QED) is 0.503. The molecule has 1 aromatic rings. The Morgan fingerprint density at radius 2 is 2.11 bits per heavy atom. The largest absolute Gasteiger partial charge is 0.382 e. The molecule has 7 nitrogen and oxygen atoms in total. The maximum atomic E-state index is 11.0. The van der Waals surface area contributed by atoms with E-state index in [0.717, 1.165) is 0 Å². The second-order valence-electron chi connectivity index (χ2n) is 4.47. The van der Waals surface area contributed by atoms with Gasteiger partial charge in [-0.05, 0) is 32.4 Å². The van der Waals surface area contributed by atoms with Crippen LogP contribution in [0, 0.1) is 17.0 Å². The van der Waals surface area contributed by atoms with Crippen LogP contribution in [0.4, 0.5) is 11.5 Å². The van der Waals surface area contributed by atoms with E-state index in [1.54, 1.807) is 7.11 Å². The number of aromatic nitrogens is 2. The number of halogens is 1. The van der Waals surface area contributed by atoms with Gasteiger partial charge in [0.25, 0.3) is 0 Å². The monoisotopic (exact) mass is 274 g/mol. The van der Waals surface area contributed by atoms with Crippen molar-refractivity contribution < 1.29 is 9.66 Å². The number of nitrogens with one attached hydrogen (secondary N) is 1. The van der Waals surface area contributed by atoms with Crippen molar-refractivity contribution in [3.05, 3.63) is 21.1 Å². The molecule has 0 fully saturated rings. The fraction of sp³-hybridized carbons (Fsp3) is 0.600. The van der Waals surface area contributed by atoms with E-state index in [4.69, 9.17) is 16.3 Å². The summed E-state index contributed by atoms with van der Waals surface area (Å²) in [6.45, 7) is 5.56. The second-order valence-corrected chi connectivity index (χ2v) is 4.81. The molecule has 0 unspecified atom stereocenters. The normalized spacial score (nSPS) is 11.4. The van der Waals surface area contributed by atoms with Gasteiger partial charge in [0, 0.05) is 7.11 Å². The summed E-state index contributed by atoms with van der Waals surface area (Å²) in [6, 6.07) is 0. The molecule has 100 valence electrons. The van der Waals surface area contributed by atoms with Crippen LogP contribution in [0.2, 0.25) is 5.28 Å². The average molecular weight is 275 g/mol. The smallest absolute Gasteiger partial charge is 0.332 e. The van der Waals surface area contributed by atoms with E-state index in [9.17, 15) is 10.1 Å². The lowest BCUT2D eigenvalue weighted by atomic mass is 10.1. The zero-order valence-corrected chi connectivity index (χ0v) is 11.4. The zero-order valence-electron chi connectivity index (χ0n) is 10.7. The number of hydrogen-bond acceptors (Lipinski definition) is 6. The number of methoxy groups -OCH3 is 1. The van der Waals surface area contributed by atoms with Gasteiger partial charge in [-0.25, -0.2) is 4.98 Å². The first-order valence-corrected chi connectivity index (χ1v) is 5.60. The summed E-state index contributed by atoms with van der Waals surface area (Å²) < 4.78 is 5.03. The van der Waals surface area contributed by atoms with Crippen molar-refractivity contribution in [2.45, 2.75) is 26.3 Å². The molecule has 0 bridgehead atoms. The molecule has 18 heavy (non-hydrogen) atoms. The molecule has 0 aromatic carbocycles. The van der Waals surface area contributed by atoms with Gasteiger partial charge in [0.2, 0.25) is 11.1 Å². The van der Waals surface area contributed by atoms with Crippen LogP contribution in [0.5, 0.6) is 0 Å².